The van der Waals surface area contributed by atoms with Crippen LogP contribution in [0, 0.1) is 0 Å². The molecule has 5 heterocycles. The molecule has 1 amide bonds. The molecule has 11 N–H and O–H groups in total. The number of anilines is 2. The number of nitrogen functional groups attached to an aromatic ring is 1. The maximum atomic E-state index is 12.7. The Morgan fingerprint density at radius 2 is 1.52 bits per heavy atom. The van der Waals surface area contributed by atoms with E-state index in [2.05, 4.69) is 43.5 Å². The molecule has 0 aliphatic carbocycles. The number of allylic oxidation sites excluding steroid dienone is 4. The summed E-state index contributed by atoms with van der Waals surface area (Å²) in [6, 6.07) is 9.08. The van der Waals surface area contributed by atoms with Crippen LogP contribution in [0.4, 0.5) is 17.2 Å². The molecule has 0 radical (unpaired) electrons. The summed E-state index contributed by atoms with van der Waals surface area (Å²) >= 11 is 4.78. The predicted molar refractivity (Wildman–Crippen MR) is 296 cm³/mol. The molecule has 3 aliphatic rings. The molecule has 7 atom stereocenters. The van der Waals surface area contributed by atoms with E-state index in [1.807, 2.05) is 52.8 Å². The van der Waals surface area contributed by atoms with Crippen LogP contribution in [0.2, 0.25) is 0 Å². The highest BCUT2D eigenvalue weighted by Crippen LogP contribution is 2.66. The Labute approximate surface area is 467 Å². The number of aliphatic hydroxyl groups excluding tert-OH is 2. The summed E-state index contributed by atoms with van der Waals surface area (Å²) in [4.78, 5) is 57.2. The van der Waals surface area contributed by atoms with Gasteiger partial charge in [0.15, 0.2) is 23.4 Å². The zero-order valence-corrected chi connectivity index (χ0v) is 49.4. The molecule has 7 rings (SSSR count). The van der Waals surface area contributed by atoms with Crippen LogP contribution in [0.3, 0.4) is 0 Å². The highest BCUT2D eigenvalue weighted by atomic mass is 32.5. The summed E-state index contributed by atoms with van der Waals surface area (Å²) in [6.45, 7) is 5.76. The minimum absolute atomic E-state index is 0.0546. The van der Waals surface area contributed by atoms with Crippen LogP contribution in [0.1, 0.15) is 103 Å². The molecule has 3 unspecified atom stereocenters. The van der Waals surface area contributed by atoms with Crippen molar-refractivity contribution >= 4 is 94.3 Å². The van der Waals surface area contributed by atoms with Gasteiger partial charge in [-0.2, -0.15) is 25.7 Å². The van der Waals surface area contributed by atoms with E-state index in [0.717, 1.165) is 34.7 Å². The van der Waals surface area contributed by atoms with Gasteiger partial charge in [0, 0.05) is 67.0 Å². The molecule has 0 bridgehead atoms. The molecule has 440 valence electrons. The number of carbonyl (C=O) groups is 1. The van der Waals surface area contributed by atoms with Gasteiger partial charge >= 0.3 is 22.3 Å². The number of aliphatic hydroxyl groups is 2. The second kappa shape index (κ2) is 24.9. The summed E-state index contributed by atoms with van der Waals surface area (Å²) in [5.74, 6) is -0.0852. The van der Waals surface area contributed by atoms with Crippen molar-refractivity contribution in [2.75, 3.05) is 43.4 Å². The quantitative estimate of drug-likeness (QED) is 0.0160. The lowest BCUT2D eigenvalue weighted by Crippen LogP contribution is -2.33. The minimum atomic E-state index is -5.54. The topological polar surface area (TPSA) is 398 Å². The average molecular weight is 1240 g/mol. The third kappa shape index (κ3) is 14.7. The number of likely N-dealkylation sites (N-methyl/N-ethyl adjacent to an activating group) is 1. The van der Waals surface area contributed by atoms with E-state index >= 15 is 0 Å². The number of nitrogens with one attached hydrogen (secondary N) is 2. The lowest BCUT2D eigenvalue weighted by Gasteiger charge is -2.25. The highest BCUT2D eigenvalue weighted by Gasteiger charge is 2.48. The molecule has 2 aromatic carbocycles. The summed E-state index contributed by atoms with van der Waals surface area (Å²) in [5, 5.41) is 26.2. The first kappa shape index (κ1) is 63.3. The van der Waals surface area contributed by atoms with Gasteiger partial charge in [0.2, 0.25) is 11.6 Å². The minimum Gasteiger partial charge on any atom is -0.387 e. The van der Waals surface area contributed by atoms with Crippen molar-refractivity contribution in [3.05, 3.63) is 84.1 Å². The van der Waals surface area contributed by atoms with E-state index < -0.39 is 84.5 Å². The van der Waals surface area contributed by atoms with Crippen molar-refractivity contribution in [2.24, 2.45) is 0 Å². The molecule has 0 saturated carbocycles. The van der Waals surface area contributed by atoms with E-state index in [4.69, 9.17) is 26.8 Å². The molecule has 0 spiro atoms. The molecule has 4 aromatic rings. The number of unbranched alkanes of at least 4 members (excludes halogenated alkanes) is 5. The van der Waals surface area contributed by atoms with Crippen molar-refractivity contribution < 1.29 is 87.2 Å². The number of amides is 1. The lowest BCUT2D eigenvalue weighted by atomic mass is 9.81. The first-order chi connectivity index (χ1) is 37.3. The largest absolute Gasteiger partial charge is 0.487 e. The number of nitrogens with zero attached hydrogens (tertiary/aromatic N) is 6. The van der Waals surface area contributed by atoms with Crippen LogP contribution in [-0.2, 0) is 74.7 Å². The van der Waals surface area contributed by atoms with Crippen LogP contribution < -0.4 is 21.0 Å². The fourth-order valence-corrected chi connectivity index (χ4v) is 15.7. The van der Waals surface area contributed by atoms with Gasteiger partial charge < -0.3 is 50.1 Å². The third-order valence-corrected chi connectivity index (χ3v) is 21.1. The van der Waals surface area contributed by atoms with Gasteiger partial charge in [0.1, 0.15) is 36.7 Å². The predicted octanol–water partition coefficient (Wildman–Crippen LogP) is 5.15. The maximum absolute atomic E-state index is 12.7. The average Bonchev–Trinajstić information content (AvgIpc) is 4.24. The van der Waals surface area contributed by atoms with Crippen LogP contribution in [0.25, 0.3) is 11.2 Å². The fraction of sp³-hybridized carbons (Fsp3) is 0.511. The number of hydrogen-bond acceptors (Lipinski definition) is 19. The molecule has 2 aromatic heterocycles. The molecule has 1 saturated heterocycles. The SMILES string of the molecule is CCN1C(=CC=CC2=[N+](CCCCCC(=O)NCCCCCCNP(=O)(O)OP(=O)(O)OP(O)(=S)OC[C@H]3O[C@@H](n4cnc5c(N)ncnc54)[C@H](O)[C@@H]3O)c3ccc(S(=O)(=O)O)cc3C2(C)C)C(C)(C)c2cc(S(=O)(=O)O)ccc21. The Hall–Kier alpha value is -4.26. The second-order valence-electron chi connectivity index (χ2n) is 20.3. The van der Waals surface area contributed by atoms with Gasteiger partial charge in [0.05, 0.1) is 28.1 Å². The summed E-state index contributed by atoms with van der Waals surface area (Å²) < 4.78 is 116. The molecular formula is C47H67N9O18P3S3+. The molecule has 33 heteroatoms. The molecule has 1 fully saturated rings. The van der Waals surface area contributed by atoms with Crippen molar-refractivity contribution in [2.45, 2.75) is 131 Å². The van der Waals surface area contributed by atoms with Gasteiger partial charge in [-0.3, -0.25) is 18.5 Å². The highest BCUT2D eigenvalue weighted by molar-refractivity contribution is 8.08. The number of nitrogens with two attached hydrogens (primary N) is 1. The molecular weight excluding hydrogens is 1170 g/mol. The van der Waals surface area contributed by atoms with Gasteiger partial charge in [-0.1, -0.05) is 32.8 Å². The van der Waals surface area contributed by atoms with E-state index in [9.17, 15) is 64.8 Å². The Kier molecular flexibility index (Phi) is 19.7. The molecule has 27 nitrogen and oxygen atoms in total. The van der Waals surface area contributed by atoms with Crippen molar-refractivity contribution in [3.63, 3.8) is 0 Å². The van der Waals surface area contributed by atoms with Crippen LogP contribution in [0.5, 0.6) is 0 Å². The number of phosphoric acid groups is 1. The van der Waals surface area contributed by atoms with Gasteiger partial charge in [-0.25, -0.2) is 33.5 Å². The number of carbonyl (C=O) groups excluding carboxylic acids is 1. The van der Waals surface area contributed by atoms with E-state index in [-0.39, 0.29) is 45.6 Å². The molecule has 3 aliphatic heterocycles. The van der Waals surface area contributed by atoms with E-state index in [1.54, 1.807) is 12.1 Å². The number of ether oxygens (including phenoxy) is 1. The Balaban J connectivity index is 0.822. The van der Waals surface area contributed by atoms with Gasteiger partial charge in [-0.15, -0.1) is 0 Å². The number of rotatable bonds is 27. The summed E-state index contributed by atoms with van der Waals surface area (Å²) in [7, 11) is -19.5. The van der Waals surface area contributed by atoms with Crippen LogP contribution in [0.15, 0.2) is 82.8 Å². The van der Waals surface area contributed by atoms with Crippen LogP contribution >= 0.6 is 22.3 Å². The van der Waals surface area contributed by atoms with Crippen molar-refractivity contribution in [1.29, 1.82) is 0 Å². The van der Waals surface area contributed by atoms with E-state index in [1.165, 1.54) is 35.2 Å². The van der Waals surface area contributed by atoms with Crippen molar-refractivity contribution in [3.8, 4) is 0 Å². The summed E-state index contributed by atoms with van der Waals surface area (Å²) in [5.41, 5.74) is 9.66. The van der Waals surface area contributed by atoms with Crippen molar-refractivity contribution in [1.82, 2.24) is 29.9 Å². The monoisotopic (exact) mass is 1230 g/mol. The Morgan fingerprint density at radius 3 is 2.20 bits per heavy atom. The first-order valence-corrected chi connectivity index (χ1v) is 33.9. The first-order valence-electron chi connectivity index (χ1n) is 25.4. The Morgan fingerprint density at radius 1 is 0.875 bits per heavy atom. The third-order valence-electron chi connectivity index (χ3n) is 14.0. The van der Waals surface area contributed by atoms with E-state index in [0.29, 0.717) is 70.1 Å². The van der Waals surface area contributed by atoms with Gasteiger partial charge in [-0.05, 0) is 100 Å². The second-order valence-corrected chi connectivity index (χ2v) is 29.3. The number of imidazole rings is 1. The Bertz CT molecular complexity index is 3470. The lowest BCUT2D eigenvalue weighted by molar-refractivity contribution is -0.438. The molecule has 80 heavy (non-hydrogen) atoms. The zero-order chi connectivity index (χ0) is 58.8. The fourth-order valence-electron chi connectivity index (χ4n) is 9.97. The number of fused-ring (bicyclic) bond motifs is 3. The normalized spacial score (nSPS) is 22.6. The number of aromatic nitrogens is 4. The number of hydrogen-bond donors (Lipinski definition) is 10. The number of benzene rings is 2. The van der Waals surface area contributed by atoms with Crippen LogP contribution in [-0.4, -0.2) is 138 Å². The smallest absolute Gasteiger partial charge is 0.387 e. The zero-order valence-electron chi connectivity index (χ0n) is 44.3. The van der Waals surface area contributed by atoms with Gasteiger partial charge in [0.25, 0.3) is 20.2 Å². The summed E-state index contributed by atoms with van der Waals surface area (Å²) in [6.07, 6.45) is 6.72. The standard InChI is InChI=1S/C47H66N9O18P3S3/c1-6-54-34-20-18-30(79(65,66)67)25-32(34)46(2,3)37(54)15-14-16-38-47(4,5)33-26-31(80(68,69)70)19-21-35(33)55(38)24-13-9-10-17-39(57)49-22-11-7-8-12-23-53-75(60,61)73-76(62,63)74-77(64,78)71-27-36-41(58)42(59)45(72-36)56-29-52-40-43(48)50-28-51-44(40)56/h14-16,18-21,25-26,28-29,36,41-42,45,58-59H,6-13,17,22-24,27H2,1-5H3,(H8-,48,49,50,51,53,57,60,61,62,63,64,65,66,67,68,69,70,78)/p+1/t36-,41-,42-,45-,77?/m1/s1. The maximum Gasteiger partial charge on any atom is 0.487 e.